The predicted molar refractivity (Wildman–Crippen MR) is 64.3 cm³/mol. The molecule has 0 bridgehead atoms. The fraction of sp³-hybridized carbons (Fsp3) is 0.727. The van der Waals surface area contributed by atoms with E-state index in [1.54, 1.807) is 11.3 Å². The van der Waals surface area contributed by atoms with Crippen molar-refractivity contribution in [1.82, 2.24) is 15.6 Å². The molecule has 1 saturated heterocycles. The highest BCUT2D eigenvalue weighted by molar-refractivity contribution is 7.11. The molecule has 0 aliphatic carbocycles. The topological polar surface area (TPSA) is 37.0 Å². The monoisotopic (exact) mass is 225 g/mol. The molecule has 15 heavy (non-hydrogen) atoms. The van der Waals surface area contributed by atoms with Crippen LogP contribution in [0, 0.1) is 6.92 Å². The lowest BCUT2D eigenvalue weighted by Crippen LogP contribution is -2.35. The highest BCUT2D eigenvalue weighted by atomic mass is 32.1. The van der Waals surface area contributed by atoms with Crippen molar-refractivity contribution in [3.63, 3.8) is 0 Å². The van der Waals surface area contributed by atoms with Crippen molar-refractivity contribution < 1.29 is 0 Å². The van der Waals surface area contributed by atoms with Crippen molar-refractivity contribution in [3.05, 3.63) is 16.1 Å². The highest BCUT2D eigenvalue weighted by Gasteiger charge is 2.15. The summed E-state index contributed by atoms with van der Waals surface area (Å²) < 4.78 is 0. The Morgan fingerprint density at radius 2 is 2.60 bits per heavy atom. The summed E-state index contributed by atoms with van der Waals surface area (Å²) in [5.74, 6) is 0. The molecule has 1 aliphatic heterocycles. The fourth-order valence-electron chi connectivity index (χ4n) is 1.91. The molecule has 0 spiro atoms. The molecule has 3 nitrogen and oxygen atoms in total. The second kappa shape index (κ2) is 5.05. The smallest absolute Gasteiger partial charge is 0.109 e. The van der Waals surface area contributed by atoms with E-state index in [2.05, 4.69) is 29.5 Å². The van der Waals surface area contributed by atoms with Crippen molar-refractivity contribution in [2.24, 2.45) is 0 Å². The molecule has 1 aromatic heterocycles. The van der Waals surface area contributed by atoms with Crippen LogP contribution in [0.4, 0.5) is 0 Å². The molecule has 2 N–H and O–H groups in total. The van der Waals surface area contributed by atoms with Crippen LogP contribution in [-0.2, 0) is 0 Å². The Morgan fingerprint density at radius 1 is 1.73 bits per heavy atom. The molecule has 1 fully saturated rings. The molecule has 2 atom stereocenters. The van der Waals surface area contributed by atoms with Crippen LogP contribution in [0.3, 0.4) is 0 Å². The maximum Gasteiger partial charge on any atom is 0.109 e. The zero-order chi connectivity index (χ0) is 10.7. The SMILES string of the molecule is Cc1cnc(C(C)NCC2CCCN2)s1. The number of rotatable bonds is 4. The van der Waals surface area contributed by atoms with E-state index in [0.717, 1.165) is 6.54 Å². The molecule has 4 heteroatoms. The average molecular weight is 225 g/mol. The van der Waals surface area contributed by atoms with E-state index in [0.29, 0.717) is 12.1 Å². The summed E-state index contributed by atoms with van der Waals surface area (Å²) in [5.41, 5.74) is 0. The first-order chi connectivity index (χ1) is 7.25. The number of nitrogens with zero attached hydrogens (tertiary/aromatic N) is 1. The maximum atomic E-state index is 4.40. The van der Waals surface area contributed by atoms with Gasteiger partial charge in [0, 0.05) is 23.7 Å². The van der Waals surface area contributed by atoms with Crippen molar-refractivity contribution >= 4 is 11.3 Å². The number of thiazole rings is 1. The summed E-state index contributed by atoms with van der Waals surface area (Å²) in [7, 11) is 0. The van der Waals surface area contributed by atoms with Gasteiger partial charge in [0.1, 0.15) is 5.01 Å². The Bertz CT molecular complexity index is 305. The summed E-state index contributed by atoms with van der Waals surface area (Å²) >= 11 is 1.78. The summed E-state index contributed by atoms with van der Waals surface area (Å²) in [6.45, 7) is 6.52. The third-order valence-corrected chi connectivity index (χ3v) is 3.94. The number of hydrogen-bond acceptors (Lipinski definition) is 4. The summed E-state index contributed by atoms with van der Waals surface area (Å²) in [4.78, 5) is 5.69. The first kappa shape index (κ1) is 11.0. The van der Waals surface area contributed by atoms with Gasteiger partial charge in [0.15, 0.2) is 0 Å². The zero-order valence-corrected chi connectivity index (χ0v) is 10.2. The van der Waals surface area contributed by atoms with Gasteiger partial charge in [-0.2, -0.15) is 0 Å². The largest absolute Gasteiger partial charge is 0.313 e. The van der Waals surface area contributed by atoms with Crippen LogP contribution in [0.5, 0.6) is 0 Å². The Kier molecular flexibility index (Phi) is 3.72. The van der Waals surface area contributed by atoms with Crippen LogP contribution in [0.2, 0.25) is 0 Å². The van der Waals surface area contributed by atoms with Crippen LogP contribution in [-0.4, -0.2) is 24.1 Å². The Morgan fingerprint density at radius 3 is 3.20 bits per heavy atom. The van der Waals surface area contributed by atoms with Gasteiger partial charge in [0.25, 0.3) is 0 Å². The summed E-state index contributed by atoms with van der Waals surface area (Å²) in [6.07, 6.45) is 4.57. The van der Waals surface area contributed by atoms with Gasteiger partial charge in [-0.3, -0.25) is 0 Å². The van der Waals surface area contributed by atoms with Crippen molar-refractivity contribution in [1.29, 1.82) is 0 Å². The minimum absolute atomic E-state index is 0.381. The molecule has 1 aliphatic rings. The van der Waals surface area contributed by atoms with Gasteiger partial charge in [-0.15, -0.1) is 11.3 Å². The molecule has 0 radical (unpaired) electrons. The van der Waals surface area contributed by atoms with Gasteiger partial charge in [-0.25, -0.2) is 4.98 Å². The van der Waals surface area contributed by atoms with E-state index in [1.165, 1.54) is 29.3 Å². The Balaban J connectivity index is 1.79. The fourth-order valence-corrected chi connectivity index (χ4v) is 2.71. The van der Waals surface area contributed by atoms with Crippen LogP contribution in [0.15, 0.2) is 6.20 Å². The first-order valence-corrected chi connectivity index (χ1v) is 6.46. The van der Waals surface area contributed by atoms with Crippen molar-refractivity contribution in [2.75, 3.05) is 13.1 Å². The second-order valence-corrected chi connectivity index (χ2v) is 5.50. The van der Waals surface area contributed by atoms with Gasteiger partial charge < -0.3 is 10.6 Å². The van der Waals surface area contributed by atoms with Gasteiger partial charge >= 0.3 is 0 Å². The van der Waals surface area contributed by atoms with Crippen LogP contribution in [0.1, 0.15) is 35.7 Å². The highest BCUT2D eigenvalue weighted by Crippen LogP contribution is 2.19. The van der Waals surface area contributed by atoms with E-state index < -0.39 is 0 Å². The zero-order valence-electron chi connectivity index (χ0n) is 9.42. The third kappa shape index (κ3) is 3.00. The first-order valence-electron chi connectivity index (χ1n) is 5.65. The van der Waals surface area contributed by atoms with Gasteiger partial charge in [-0.1, -0.05) is 0 Å². The molecule has 2 rings (SSSR count). The molecule has 0 aromatic carbocycles. The van der Waals surface area contributed by atoms with E-state index in [1.807, 2.05) is 6.20 Å². The Labute approximate surface area is 95.3 Å². The number of nitrogens with one attached hydrogen (secondary N) is 2. The van der Waals surface area contributed by atoms with Crippen LogP contribution >= 0.6 is 11.3 Å². The molecular formula is C11H19N3S. The quantitative estimate of drug-likeness (QED) is 0.821. The lowest BCUT2D eigenvalue weighted by atomic mass is 10.2. The third-order valence-electron chi connectivity index (χ3n) is 2.84. The lowest BCUT2D eigenvalue weighted by molar-refractivity contribution is 0.489. The van der Waals surface area contributed by atoms with Crippen molar-refractivity contribution in [3.8, 4) is 0 Å². The molecule has 0 saturated carbocycles. The van der Waals surface area contributed by atoms with E-state index in [-0.39, 0.29) is 0 Å². The Hall–Kier alpha value is -0.450. The van der Waals surface area contributed by atoms with Crippen LogP contribution in [0.25, 0.3) is 0 Å². The number of aromatic nitrogens is 1. The number of aryl methyl sites for hydroxylation is 1. The minimum atomic E-state index is 0.381. The van der Waals surface area contributed by atoms with Gasteiger partial charge in [-0.05, 0) is 33.2 Å². The normalized spacial score (nSPS) is 23.2. The second-order valence-electron chi connectivity index (χ2n) is 4.23. The minimum Gasteiger partial charge on any atom is -0.313 e. The lowest BCUT2D eigenvalue weighted by Gasteiger charge is -2.15. The molecular weight excluding hydrogens is 206 g/mol. The molecule has 2 heterocycles. The van der Waals surface area contributed by atoms with E-state index in [9.17, 15) is 0 Å². The average Bonchev–Trinajstić information content (AvgIpc) is 2.84. The molecule has 0 amide bonds. The van der Waals surface area contributed by atoms with Gasteiger partial charge in [0.2, 0.25) is 0 Å². The van der Waals surface area contributed by atoms with Gasteiger partial charge in [0.05, 0.1) is 6.04 Å². The van der Waals surface area contributed by atoms with Crippen LogP contribution < -0.4 is 10.6 Å². The predicted octanol–water partition coefficient (Wildman–Crippen LogP) is 1.85. The summed E-state index contributed by atoms with van der Waals surface area (Å²) in [5, 5.41) is 8.23. The maximum absolute atomic E-state index is 4.40. The summed E-state index contributed by atoms with van der Waals surface area (Å²) in [6, 6.07) is 1.04. The standard InChI is InChI=1S/C11H19N3S/c1-8-6-14-11(15-8)9(2)13-7-10-4-3-5-12-10/h6,9-10,12-13H,3-5,7H2,1-2H3. The molecule has 1 aromatic rings. The molecule has 2 unspecified atom stereocenters. The number of hydrogen-bond donors (Lipinski definition) is 2. The van der Waals surface area contributed by atoms with Crippen molar-refractivity contribution in [2.45, 2.75) is 38.8 Å². The molecule has 84 valence electrons. The van der Waals surface area contributed by atoms with E-state index in [4.69, 9.17) is 0 Å². The van der Waals surface area contributed by atoms with E-state index >= 15 is 0 Å².